The smallest absolute Gasteiger partial charge is 0.227 e. The number of hydrogen-bond acceptors (Lipinski definition) is 2. The second-order valence-electron chi connectivity index (χ2n) is 6.37. The first-order chi connectivity index (χ1) is 12.4. The van der Waals surface area contributed by atoms with Crippen LogP contribution in [0.4, 0.5) is 10.1 Å². The number of anilines is 1. The Balaban J connectivity index is 1.54. The van der Waals surface area contributed by atoms with E-state index in [-0.39, 0.29) is 16.8 Å². The number of rotatable bonds is 4. The molecule has 3 nitrogen and oxygen atoms in total. The van der Waals surface area contributed by atoms with Crippen molar-refractivity contribution in [2.45, 2.75) is 19.4 Å². The second-order valence-corrected chi connectivity index (χ2v) is 7.59. The van der Waals surface area contributed by atoms with Crippen LogP contribution in [0.5, 0.6) is 0 Å². The second kappa shape index (κ2) is 8.57. The van der Waals surface area contributed by atoms with Crippen LogP contribution in [0.25, 0.3) is 0 Å². The summed E-state index contributed by atoms with van der Waals surface area (Å²) < 4.78 is 13.2. The molecule has 0 aromatic heterocycles. The van der Waals surface area contributed by atoms with Gasteiger partial charge in [0.2, 0.25) is 5.91 Å². The number of halogens is 4. The van der Waals surface area contributed by atoms with Gasteiger partial charge in [-0.1, -0.05) is 40.9 Å². The molecule has 1 heterocycles. The Labute approximate surface area is 167 Å². The van der Waals surface area contributed by atoms with Crippen LogP contribution in [-0.2, 0) is 11.3 Å². The van der Waals surface area contributed by atoms with Crippen LogP contribution in [0.2, 0.25) is 15.1 Å². The van der Waals surface area contributed by atoms with Gasteiger partial charge in [-0.25, -0.2) is 4.39 Å². The number of piperidine rings is 1. The summed E-state index contributed by atoms with van der Waals surface area (Å²) in [5.74, 6) is -0.656. The maximum atomic E-state index is 13.2. The Morgan fingerprint density at radius 1 is 1.08 bits per heavy atom. The van der Waals surface area contributed by atoms with Gasteiger partial charge in [-0.3, -0.25) is 9.69 Å². The molecule has 0 bridgehead atoms. The molecule has 2 aromatic rings. The van der Waals surface area contributed by atoms with E-state index in [0.717, 1.165) is 31.5 Å². The molecule has 1 aliphatic rings. The molecule has 0 unspecified atom stereocenters. The summed E-state index contributed by atoms with van der Waals surface area (Å²) in [7, 11) is 0. The summed E-state index contributed by atoms with van der Waals surface area (Å²) in [6.45, 7) is 2.23. The zero-order valence-corrected chi connectivity index (χ0v) is 16.2. The van der Waals surface area contributed by atoms with Crippen molar-refractivity contribution in [3.8, 4) is 0 Å². The van der Waals surface area contributed by atoms with Crippen molar-refractivity contribution in [2.24, 2.45) is 5.92 Å². The van der Waals surface area contributed by atoms with Gasteiger partial charge in [0.25, 0.3) is 0 Å². The Kier molecular flexibility index (Phi) is 6.41. The fourth-order valence-electron chi connectivity index (χ4n) is 3.08. The molecule has 0 atom stereocenters. The van der Waals surface area contributed by atoms with E-state index in [9.17, 15) is 9.18 Å². The number of amides is 1. The van der Waals surface area contributed by atoms with Crippen LogP contribution in [0.15, 0.2) is 36.4 Å². The van der Waals surface area contributed by atoms with Gasteiger partial charge in [-0.05, 0) is 56.3 Å². The summed E-state index contributed by atoms with van der Waals surface area (Å²) in [5, 5.41) is 4.12. The third kappa shape index (κ3) is 4.68. The number of hydrogen-bond donors (Lipinski definition) is 1. The minimum Gasteiger partial charge on any atom is -0.326 e. The molecule has 2 aromatic carbocycles. The summed E-state index contributed by atoms with van der Waals surface area (Å²) in [5.41, 5.74) is 1.42. The lowest BCUT2D eigenvalue weighted by Gasteiger charge is -2.31. The first-order valence-electron chi connectivity index (χ1n) is 8.35. The quantitative estimate of drug-likeness (QED) is 0.701. The predicted octanol–water partition coefficient (Wildman–Crippen LogP) is 5.64. The molecule has 26 heavy (non-hydrogen) atoms. The third-order valence-corrected chi connectivity index (χ3v) is 5.59. The van der Waals surface area contributed by atoms with E-state index in [1.807, 2.05) is 18.2 Å². The molecule has 0 saturated carbocycles. The van der Waals surface area contributed by atoms with E-state index in [1.54, 1.807) is 0 Å². The van der Waals surface area contributed by atoms with E-state index in [4.69, 9.17) is 34.8 Å². The highest BCUT2D eigenvalue weighted by Crippen LogP contribution is 2.28. The first-order valence-corrected chi connectivity index (χ1v) is 9.48. The van der Waals surface area contributed by atoms with Gasteiger partial charge in [0, 0.05) is 33.8 Å². The van der Waals surface area contributed by atoms with Crippen LogP contribution in [-0.4, -0.2) is 23.9 Å². The largest absolute Gasteiger partial charge is 0.326 e. The normalized spacial score (nSPS) is 15.8. The first kappa shape index (κ1) is 19.4. The summed E-state index contributed by atoms with van der Waals surface area (Å²) in [6.07, 6.45) is 1.48. The van der Waals surface area contributed by atoms with Crippen molar-refractivity contribution in [1.82, 2.24) is 4.90 Å². The van der Waals surface area contributed by atoms with E-state index in [1.165, 1.54) is 18.2 Å². The summed E-state index contributed by atoms with van der Waals surface area (Å²) >= 11 is 18.2. The average Bonchev–Trinajstić information content (AvgIpc) is 2.62. The molecule has 0 aliphatic carbocycles. The SMILES string of the molecule is O=C(Nc1ccc(F)c(Cl)c1)C1CCN(Cc2c(Cl)cccc2Cl)CC1. The molecule has 3 rings (SSSR count). The number of nitrogens with one attached hydrogen (secondary N) is 1. The van der Waals surface area contributed by atoms with E-state index >= 15 is 0 Å². The van der Waals surface area contributed by atoms with Gasteiger partial charge < -0.3 is 5.32 Å². The number of likely N-dealkylation sites (tertiary alicyclic amines) is 1. The van der Waals surface area contributed by atoms with Crippen molar-refractivity contribution >= 4 is 46.4 Å². The van der Waals surface area contributed by atoms with Gasteiger partial charge in [-0.15, -0.1) is 0 Å². The fourth-order valence-corrected chi connectivity index (χ4v) is 3.78. The van der Waals surface area contributed by atoms with Gasteiger partial charge in [-0.2, -0.15) is 0 Å². The van der Waals surface area contributed by atoms with Crippen molar-refractivity contribution in [3.05, 3.63) is 62.8 Å². The maximum absolute atomic E-state index is 13.2. The highest BCUT2D eigenvalue weighted by molar-refractivity contribution is 6.36. The Morgan fingerprint density at radius 3 is 2.35 bits per heavy atom. The van der Waals surface area contributed by atoms with Gasteiger partial charge >= 0.3 is 0 Å². The molecular formula is C19H18Cl3FN2O. The standard InChI is InChI=1S/C19H18Cl3FN2O/c20-15-2-1-3-16(21)14(15)11-25-8-6-12(7-9-25)19(26)24-13-4-5-18(23)17(22)10-13/h1-5,10,12H,6-9,11H2,(H,24,26). The van der Waals surface area contributed by atoms with E-state index in [0.29, 0.717) is 22.3 Å². The molecule has 138 valence electrons. The van der Waals surface area contributed by atoms with Crippen LogP contribution in [0.3, 0.4) is 0 Å². The highest BCUT2D eigenvalue weighted by atomic mass is 35.5. The Morgan fingerprint density at radius 2 is 1.73 bits per heavy atom. The monoisotopic (exact) mass is 414 g/mol. The number of carbonyl (C=O) groups is 1. The minimum absolute atomic E-state index is 0.00534. The van der Waals surface area contributed by atoms with E-state index < -0.39 is 5.82 Å². The average molecular weight is 416 g/mol. The van der Waals surface area contributed by atoms with Gasteiger partial charge in [0.15, 0.2) is 0 Å². The van der Waals surface area contributed by atoms with Crippen LogP contribution >= 0.6 is 34.8 Å². The van der Waals surface area contributed by atoms with Crippen molar-refractivity contribution < 1.29 is 9.18 Å². The Hall–Kier alpha value is -1.33. The molecular weight excluding hydrogens is 398 g/mol. The van der Waals surface area contributed by atoms with Crippen LogP contribution in [0, 0.1) is 11.7 Å². The fraction of sp³-hybridized carbons (Fsp3) is 0.316. The molecule has 7 heteroatoms. The minimum atomic E-state index is -0.504. The van der Waals surface area contributed by atoms with Crippen molar-refractivity contribution in [1.29, 1.82) is 0 Å². The maximum Gasteiger partial charge on any atom is 0.227 e. The Bertz CT molecular complexity index is 787. The number of benzene rings is 2. The van der Waals surface area contributed by atoms with Gasteiger partial charge in [0.1, 0.15) is 5.82 Å². The summed E-state index contributed by atoms with van der Waals surface area (Å²) in [4.78, 5) is 14.7. The summed E-state index contributed by atoms with van der Waals surface area (Å²) in [6, 6.07) is 9.66. The zero-order valence-electron chi connectivity index (χ0n) is 13.9. The third-order valence-electron chi connectivity index (χ3n) is 4.59. The molecule has 1 aliphatic heterocycles. The lowest BCUT2D eigenvalue weighted by atomic mass is 9.95. The lowest BCUT2D eigenvalue weighted by Crippen LogP contribution is -2.37. The molecule has 0 radical (unpaired) electrons. The number of carbonyl (C=O) groups excluding carboxylic acids is 1. The van der Waals surface area contributed by atoms with Crippen LogP contribution in [0.1, 0.15) is 18.4 Å². The molecule has 1 amide bonds. The number of nitrogens with zero attached hydrogens (tertiary/aromatic N) is 1. The molecule has 1 saturated heterocycles. The molecule has 1 fully saturated rings. The highest BCUT2D eigenvalue weighted by Gasteiger charge is 2.26. The lowest BCUT2D eigenvalue weighted by molar-refractivity contribution is -0.121. The topological polar surface area (TPSA) is 32.3 Å². The van der Waals surface area contributed by atoms with Crippen LogP contribution < -0.4 is 5.32 Å². The zero-order chi connectivity index (χ0) is 18.7. The predicted molar refractivity (Wildman–Crippen MR) is 105 cm³/mol. The molecule has 1 N–H and O–H groups in total. The molecule has 0 spiro atoms. The van der Waals surface area contributed by atoms with E-state index in [2.05, 4.69) is 10.2 Å². The van der Waals surface area contributed by atoms with Crippen molar-refractivity contribution in [3.63, 3.8) is 0 Å². The van der Waals surface area contributed by atoms with Gasteiger partial charge in [0.05, 0.1) is 5.02 Å². The van der Waals surface area contributed by atoms with Crippen molar-refractivity contribution in [2.75, 3.05) is 18.4 Å².